The van der Waals surface area contributed by atoms with Crippen molar-refractivity contribution in [2.24, 2.45) is 0 Å². The third-order valence-corrected chi connectivity index (χ3v) is 3.27. The second-order valence-corrected chi connectivity index (χ2v) is 5.35. The third kappa shape index (κ3) is 5.39. The summed E-state index contributed by atoms with van der Waals surface area (Å²) in [5, 5.41) is 5.31. The summed E-state index contributed by atoms with van der Waals surface area (Å²) >= 11 is 0. The van der Waals surface area contributed by atoms with Gasteiger partial charge in [-0.1, -0.05) is 12.1 Å². The molecule has 0 aliphatic rings. The van der Waals surface area contributed by atoms with Crippen molar-refractivity contribution in [1.82, 2.24) is 5.32 Å². The second kappa shape index (κ2) is 8.10. The van der Waals surface area contributed by atoms with E-state index in [1.54, 1.807) is 43.3 Å². The van der Waals surface area contributed by atoms with Gasteiger partial charge < -0.3 is 15.4 Å². The van der Waals surface area contributed by atoms with Crippen LogP contribution in [-0.2, 0) is 16.1 Å². The molecule has 0 fully saturated rings. The lowest BCUT2D eigenvalue weighted by Gasteiger charge is -2.09. The van der Waals surface area contributed by atoms with Crippen LogP contribution in [0.15, 0.2) is 42.5 Å². The lowest BCUT2D eigenvalue weighted by atomic mass is 10.1. The molecule has 0 aromatic heterocycles. The van der Waals surface area contributed by atoms with Crippen molar-refractivity contribution < 1.29 is 18.7 Å². The molecule has 0 atom stereocenters. The molecule has 0 heterocycles. The fraction of sp³-hybridized carbons (Fsp3) is 0.222. The molecule has 2 N–H and O–H groups in total. The molecule has 0 unspecified atom stereocenters. The molecule has 2 rings (SSSR count). The fourth-order valence-electron chi connectivity index (χ4n) is 1.98. The number of benzene rings is 2. The van der Waals surface area contributed by atoms with E-state index in [0.29, 0.717) is 22.6 Å². The van der Waals surface area contributed by atoms with Crippen molar-refractivity contribution in [3.8, 4) is 5.75 Å². The van der Waals surface area contributed by atoms with E-state index in [9.17, 15) is 14.0 Å². The maximum atomic E-state index is 13.4. The number of hydrogen-bond donors (Lipinski definition) is 2. The maximum Gasteiger partial charge on any atom is 0.258 e. The highest BCUT2D eigenvalue weighted by molar-refractivity contribution is 5.88. The Morgan fingerprint density at radius 2 is 1.83 bits per heavy atom. The number of anilines is 1. The average Bonchev–Trinajstić information content (AvgIpc) is 2.55. The van der Waals surface area contributed by atoms with Crippen LogP contribution < -0.4 is 15.4 Å². The topological polar surface area (TPSA) is 67.4 Å². The van der Waals surface area contributed by atoms with E-state index >= 15 is 0 Å². The van der Waals surface area contributed by atoms with Crippen LogP contribution in [0.3, 0.4) is 0 Å². The molecule has 2 amide bonds. The van der Waals surface area contributed by atoms with E-state index in [1.807, 2.05) is 0 Å². The molecule has 0 saturated carbocycles. The summed E-state index contributed by atoms with van der Waals surface area (Å²) in [4.78, 5) is 22.7. The van der Waals surface area contributed by atoms with Crippen molar-refractivity contribution in [2.75, 3.05) is 11.9 Å². The van der Waals surface area contributed by atoms with E-state index in [-0.39, 0.29) is 30.8 Å². The Bertz CT molecular complexity index is 730. The molecule has 6 heteroatoms. The first kappa shape index (κ1) is 17.5. The van der Waals surface area contributed by atoms with Crippen LogP contribution in [0.2, 0.25) is 0 Å². The monoisotopic (exact) mass is 330 g/mol. The zero-order valence-electron chi connectivity index (χ0n) is 13.6. The molecule has 2 aromatic rings. The number of carbonyl (C=O) groups is 2. The number of halogens is 1. The van der Waals surface area contributed by atoms with E-state index in [0.717, 1.165) is 0 Å². The number of ether oxygens (including phenoxy) is 1. The molecule has 0 radical (unpaired) electrons. The van der Waals surface area contributed by atoms with Gasteiger partial charge in [-0.3, -0.25) is 9.59 Å². The van der Waals surface area contributed by atoms with Crippen molar-refractivity contribution in [3.05, 3.63) is 59.4 Å². The Morgan fingerprint density at radius 3 is 2.46 bits per heavy atom. The maximum absolute atomic E-state index is 13.4. The normalized spacial score (nSPS) is 10.1. The van der Waals surface area contributed by atoms with Gasteiger partial charge in [0.05, 0.1) is 0 Å². The minimum atomic E-state index is -0.304. The van der Waals surface area contributed by atoms with Gasteiger partial charge in [0.2, 0.25) is 5.91 Å². The van der Waals surface area contributed by atoms with Gasteiger partial charge in [-0.05, 0) is 48.4 Å². The Morgan fingerprint density at radius 1 is 1.12 bits per heavy atom. The highest BCUT2D eigenvalue weighted by Gasteiger charge is 2.05. The van der Waals surface area contributed by atoms with Gasteiger partial charge in [0, 0.05) is 19.2 Å². The lowest BCUT2D eigenvalue weighted by molar-refractivity contribution is -0.123. The van der Waals surface area contributed by atoms with Crippen LogP contribution in [0.1, 0.15) is 18.1 Å². The number of carbonyl (C=O) groups excluding carboxylic acids is 2. The molecular weight excluding hydrogens is 311 g/mol. The summed E-state index contributed by atoms with van der Waals surface area (Å²) in [7, 11) is 0. The third-order valence-electron chi connectivity index (χ3n) is 3.27. The zero-order chi connectivity index (χ0) is 17.5. The first-order chi connectivity index (χ1) is 11.4. The van der Waals surface area contributed by atoms with Crippen LogP contribution >= 0.6 is 0 Å². The molecule has 126 valence electrons. The smallest absolute Gasteiger partial charge is 0.258 e. The molecule has 24 heavy (non-hydrogen) atoms. The van der Waals surface area contributed by atoms with Crippen molar-refractivity contribution in [2.45, 2.75) is 20.4 Å². The standard InChI is InChI=1S/C18H19FN2O3/c1-12-3-4-14(9-17(12)19)10-20-18(23)11-24-16-7-5-15(6-8-16)21-13(2)22/h3-9H,10-11H2,1-2H3,(H,20,23)(H,21,22). The van der Waals surface area contributed by atoms with Gasteiger partial charge in [0.15, 0.2) is 6.61 Å². The minimum absolute atomic E-state index is 0.145. The van der Waals surface area contributed by atoms with Crippen LogP contribution in [0.5, 0.6) is 5.75 Å². The van der Waals surface area contributed by atoms with Crippen molar-refractivity contribution in [3.63, 3.8) is 0 Å². The van der Waals surface area contributed by atoms with Gasteiger partial charge in [-0.15, -0.1) is 0 Å². The van der Waals surface area contributed by atoms with Crippen LogP contribution in [0.4, 0.5) is 10.1 Å². The van der Waals surface area contributed by atoms with E-state index in [4.69, 9.17) is 4.74 Å². The molecule has 0 bridgehead atoms. The van der Waals surface area contributed by atoms with Crippen LogP contribution in [-0.4, -0.2) is 18.4 Å². The number of amides is 2. The Balaban J connectivity index is 1.78. The Hall–Kier alpha value is -2.89. The van der Waals surface area contributed by atoms with Gasteiger partial charge in [0.25, 0.3) is 5.91 Å². The van der Waals surface area contributed by atoms with E-state index in [1.165, 1.54) is 13.0 Å². The van der Waals surface area contributed by atoms with Crippen LogP contribution in [0, 0.1) is 12.7 Å². The highest BCUT2D eigenvalue weighted by atomic mass is 19.1. The Kier molecular flexibility index (Phi) is 5.89. The molecule has 0 saturated heterocycles. The predicted octanol–water partition coefficient (Wildman–Crippen LogP) is 2.79. The second-order valence-electron chi connectivity index (χ2n) is 5.35. The van der Waals surface area contributed by atoms with Gasteiger partial charge in [0.1, 0.15) is 11.6 Å². The number of rotatable bonds is 6. The number of hydrogen-bond acceptors (Lipinski definition) is 3. The molecule has 0 aliphatic heterocycles. The molecule has 0 spiro atoms. The SMILES string of the molecule is CC(=O)Nc1ccc(OCC(=O)NCc2ccc(C)c(F)c2)cc1. The summed E-state index contributed by atoms with van der Waals surface area (Å²) in [6, 6.07) is 11.5. The van der Waals surface area contributed by atoms with E-state index in [2.05, 4.69) is 10.6 Å². The molecule has 2 aromatic carbocycles. The van der Waals surface area contributed by atoms with Crippen molar-refractivity contribution >= 4 is 17.5 Å². The summed E-state index contributed by atoms with van der Waals surface area (Å²) in [5.74, 6) is -0.240. The van der Waals surface area contributed by atoms with Gasteiger partial charge in [-0.25, -0.2) is 4.39 Å². The first-order valence-electron chi connectivity index (χ1n) is 7.46. The fourth-order valence-corrected chi connectivity index (χ4v) is 1.98. The Labute approximate surface area is 139 Å². The summed E-state index contributed by atoms with van der Waals surface area (Å²) in [6.45, 7) is 3.20. The quantitative estimate of drug-likeness (QED) is 0.856. The van der Waals surface area contributed by atoms with E-state index < -0.39 is 0 Å². The van der Waals surface area contributed by atoms with Crippen molar-refractivity contribution in [1.29, 1.82) is 0 Å². The molecular formula is C18H19FN2O3. The highest BCUT2D eigenvalue weighted by Crippen LogP contribution is 2.15. The molecule has 5 nitrogen and oxygen atoms in total. The van der Waals surface area contributed by atoms with Gasteiger partial charge >= 0.3 is 0 Å². The zero-order valence-corrected chi connectivity index (χ0v) is 13.6. The average molecular weight is 330 g/mol. The number of aryl methyl sites for hydroxylation is 1. The van der Waals surface area contributed by atoms with Crippen LogP contribution in [0.25, 0.3) is 0 Å². The summed E-state index contributed by atoms with van der Waals surface area (Å²) in [6.07, 6.45) is 0. The summed E-state index contributed by atoms with van der Waals surface area (Å²) < 4.78 is 18.8. The number of nitrogens with one attached hydrogen (secondary N) is 2. The lowest BCUT2D eigenvalue weighted by Crippen LogP contribution is -2.28. The van der Waals surface area contributed by atoms with Gasteiger partial charge in [-0.2, -0.15) is 0 Å². The minimum Gasteiger partial charge on any atom is -0.484 e. The predicted molar refractivity (Wildman–Crippen MR) is 89.2 cm³/mol. The molecule has 0 aliphatic carbocycles. The largest absolute Gasteiger partial charge is 0.484 e. The first-order valence-corrected chi connectivity index (χ1v) is 7.46. The summed E-state index contributed by atoms with van der Waals surface area (Å²) in [5.41, 5.74) is 1.91.